The summed E-state index contributed by atoms with van der Waals surface area (Å²) in [6, 6.07) is 1.23. The van der Waals surface area contributed by atoms with Crippen LogP contribution in [-0.2, 0) is 16.0 Å². The molecule has 0 aliphatic rings. The maximum atomic E-state index is 12.0. The Labute approximate surface area is 147 Å². The summed E-state index contributed by atoms with van der Waals surface area (Å²) >= 11 is 1.36. The highest BCUT2D eigenvalue weighted by atomic mass is 32.1. The van der Waals surface area contributed by atoms with Crippen molar-refractivity contribution >= 4 is 29.2 Å². The number of amides is 3. The molecule has 1 aromatic rings. The summed E-state index contributed by atoms with van der Waals surface area (Å²) in [6.45, 7) is 8.14. The molecule has 134 valence electrons. The number of carbonyl (C=O) groups excluding carboxylic acids is 3. The second-order valence-corrected chi connectivity index (χ2v) is 7.26. The molecule has 0 radical (unpaired) electrons. The largest absolute Gasteiger partial charge is 0.451 e. The number of nitrogens with one attached hydrogen (secondary N) is 2. The van der Waals surface area contributed by atoms with Gasteiger partial charge in [-0.05, 0) is 37.3 Å². The van der Waals surface area contributed by atoms with Gasteiger partial charge in [0.05, 0.1) is 0 Å². The van der Waals surface area contributed by atoms with Crippen molar-refractivity contribution in [3.8, 4) is 0 Å². The predicted octanol–water partition coefficient (Wildman–Crippen LogP) is 3.04. The van der Waals surface area contributed by atoms with Crippen LogP contribution in [0.1, 0.15) is 53.7 Å². The van der Waals surface area contributed by atoms with Crippen LogP contribution in [0.3, 0.4) is 0 Å². The van der Waals surface area contributed by atoms with E-state index in [2.05, 4.69) is 17.6 Å². The number of imide groups is 1. The van der Waals surface area contributed by atoms with Crippen molar-refractivity contribution in [2.45, 2.75) is 47.0 Å². The standard InChI is InChI=1S/C17H26N2O4S/c1-5-6-13-9-14(24-12(13)4)16(21)23-10-15(20)19-17(22)18-8-7-11(2)3/h9,11H,5-8,10H2,1-4H3,(H2,18,19,20,22). The molecule has 0 atom stereocenters. The topological polar surface area (TPSA) is 84.5 Å². The van der Waals surface area contributed by atoms with Crippen molar-refractivity contribution in [1.29, 1.82) is 0 Å². The van der Waals surface area contributed by atoms with E-state index >= 15 is 0 Å². The summed E-state index contributed by atoms with van der Waals surface area (Å²) in [5, 5.41) is 4.71. The number of esters is 1. The van der Waals surface area contributed by atoms with Gasteiger partial charge >= 0.3 is 12.0 Å². The molecule has 0 aliphatic heterocycles. The highest BCUT2D eigenvalue weighted by molar-refractivity contribution is 7.14. The van der Waals surface area contributed by atoms with Crippen molar-refractivity contribution in [2.24, 2.45) is 5.92 Å². The molecule has 0 fully saturated rings. The number of urea groups is 1. The molecule has 0 unspecified atom stereocenters. The third-order valence-corrected chi connectivity index (χ3v) is 4.41. The van der Waals surface area contributed by atoms with Crippen molar-refractivity contribution in [1.82, 2.24) is 10.6 Å². The second-order valence-electron chi connectivity index (χ2n) is 6.00. The van der Waals surface area contributed by atoms with Gasteiger partial charge in [0.1, 0.15) is 4.88 Å². The quantitative estimate of drug-likeness (QED) is 0.703. The summed E-state index contributed by atoms with van der Waals surface area (Å²) in [5.74, 6) is -0.720. The lowest BCUT2D eigenvalue weighted by atomic mass is 10.1. The molecule has 0 bridgehead atoms. The van der Waals surface area contributed by atoms with E-state index in [0.717, 1.165) is 29.7 Å². The molecule has 24 heavy (non-hydrogen) atoms. The van der Waals surface area contributed by atoms with Crippen LogP contribution in [0.25, 0.3) is 0 Å². The average Bonchev–Trinajstić information content (AvgIpc) is 2.86. The maximum absolute atomic E-state index is 12.0. The Hall–Kier alpha value is -1.89. The van der Waals surface area contributed by atoms with Crippen LogP contribution in [0.4, 0.5) is 4.79 Å². The van der Waals surface area contributed by atoms with Crippen molar-refractivity contribution in [2.75, 3.05) is 13.2 Å². The van der Waals surface area contributed by atoms with E-state index in [1.165, 1.54) is 11.3 Å². The van der Waals surface area contributed by atoms with Gasteiger partial charge in [-0.3, -0.25) is 10.1 Å². The summed E-state index contributed by atoms with van der Waals surface area (Å²) in [5.41, 5.74) is 1.13. The fourth-order valence-corrected chi connectivity index (χ4v) is 2.99. The normalized spacial score (nSPS) is 10.5. The number of ether oxygens (including phenoxy) is 1. The molecule has 0 spiro atoms. The molecule has 7 heteroatoms. The Kier molecular flexibility index (Phi) is 8.46. The molecule has 0 aromatic carbocycles. The lowest BCUT2D eigenvalue weighted by Gasteiger charge is -2.08. The molecular weight excluding hydrogens is 328 g/mol. The Morgan fingerprint density at radius 3 is 2.62 bits per heavy atom. The number of hydrogen-bond donors (Lipinski definition) is 2. The van der Waals surface area contributed by atoms with Crippen LogP contribution in [-0.4, -0.2) is 31.1 Å². The van der Waals surface area contributed by atoms with Crippen molar-refractivity contribution < 1.29 is 19.1 Å². The average molecular weight is 354 g/mol. The first-order chi connectivity index (χ1) is 11.3. The zero-order valence-corrected chi connectivity index (χ0v) is 15.5. The Balaban J connectivity index is 2.37. The first-order valence-electron chi connectivity index (χ1n) is 8.17. The minimum atomic E-state index is -0.646. The molecule has 1 rings (SSSR count). The lowest BCUT2D eigenvalue weighted by molar-refractivity contribution is -0.123. The zero-order chi connectivity index (χ0) is 18.1. The Morgan fingerprint density at radius 1 is 1.29 bits per heavy atom. The lowest BCUT2D eigenvalue weighted by Crippen LogP contribution is -2.41. The smallest absolute Gasteiger partial charge is 0.348 e. The zero-order valence-electron chi connectivity index (χ0n) is 14.7. The van der Waals surface area contributed by atoms with Crippen molar-refractivity contribution in [3.05, 3.63) is 21.4 Å². The van der Waals surface area contributed by atoms with Gasteiger partial charge in [-0.25, -0.2) is 9.59 Å². The fourth-order valence-electron chi connectivity index (χ4n) is 2.02. The number of aryl methyl sites for hydroxylation is 2. The van der Waals surface area contributed by atoms with E-state index in [1.807, 2.05) is 26.8 Å². The predicted molar refractivity (Wildman–Crippen MR) is 94.3 cm³/mol. The number of thiophene rings is 1. The SMILES string of the molecule is CCCc1cc(C(=O)OCC(=O)NC(=O)NCCC(C)C)sc1C. The van der Waals surface area contributed by atoms with Crippen LogP contribution in [0, 0.1) is 12.8 Å². The van der Waals surface area contributed by atoms with E-state index in [1.54, 1.807) is 0 Å². The first kappa shape index (κ1) is 20.2. The Bertz CT molecular complexity index is 581. The molecule has 0 saturated carbocycles. The number of rotatable bonds is 8. The number of hydrogen-bond acceptors (Lipinski definition) is 5. The van der Waals surface area contributed by atoms with Gasteiger partial charge in [0.25, 0.3) is 5.91 Å². The van der Waals surface area contributed by atoms with E-state index < -0.39 is 24.5 Å². The van der Waals surface area contributed by atoms with Crippen molar-refractivity contribution in [3.63, 3.8) is 0 Å². The molecule has 3 amide bonds. The van der Waals surface area contributed by atoms with E-state index in [-0.39, 0.29) is 0 Å². The number of carbonyl (C=O) groups is 3. The van der Waals surface area contributed by atoms with Gasteiger partial charge < -0.3 is 10.1 Å². The summed E-state index contributed by atoms with van der Waals surface area (Å²) in [7, 11) is 0. The van der Waals surface area contributed by atoms with Gasteiger partial charge in [0.15, 0.2) is 6.61 Å². The highest BCUT2D eigenvalue weighted by Gasteiger charge is 2.16. The minimum absolute atomic E-state index is 0.466. The molecule has 6 nitrogen and oxygen atoms in total. The van der Waals surface area contributed by atoms with Gasteiger partial charge in [-0.1, -0.05) is 27.2 Å². The molecule has 2 N–H and O–H groups in total. The van der Waals surface area contributed by atoms with E-state index in [0.29, 0.717) is 17.3 Å². The first-order valence-corrected chi connectivity index (χ1v) is 8.99. The summed E-state index contributed by atoms with van der Waals surface area (Å²) in [4.78, 5) is 36.6. The second kappa shape index (κ2) is 10.1. The van der Waals surface area contributed by atoms with Gasteiger partial charge in [-0.2, -0.15) is 0 Å². The highest BCUT2D eigenvalue weighted by Crippen LogP contribution is 2.23. The van der Waals surface area contributed by atoms with E-state index in [4.69, 9.17) is 4.74 Å². The maximum Gasteiger partial charge on any atom is 0.348 e. The molecule has 1 heterocycles. The molecule has 0 saturated heterocycles. The van der Waals surface area contributed by atoms with Gasteiger partial charge in [-0.15, -0.1) is 11.3 Å². The third-order valence-electron chi connectivity index (χ3n) is 3.34. The molecule has 1 aromatic heterocycles. The van der Waals surface area contributed by atoms with Crippen LogP contribution >= 0.6 is 11.3 Å². The Morgan fingerprint density at radius 2 is 2.00 bits per heavy atom. The summed E-state index contributed by atoms with van der Waals surface area (Å²) in [6.07, 6.45) is 2.74. The van der Waals surface area contributed by atoms with Crippen LogP contribution in [0.15, 0.2) is 6.07 Å². The van der Waals surface area contributed by atoms with Crippen LogP contribution in [0.2, 0.25) is 0 Å². The molecule has 0 aliphatic carbocycles. The molecular formula is C17H26N2O4S. The third kappa shape index (κ3) is 7.12. The van der Waals surface area contributed by atoms with Crippen LogP contribution < -0.4 is 10.6 Å². The summed E-state index contributed by atoms with van der Waals surface area (Å²) < 4.78 is 4.96. The van der Waals surface area contributed by atoms with Crippen LogP contribution in [0.5, 0.6) is 0 Å². The minimum Gasteiger partial charge on any atom is -0.451 e. The van der Waals surface area contributed by atoms with Gasteiger partial charge in [0, 0.05) is 11.4 Å². The van der Waals surface area contributed by atoms with Gasteiger partial charge in [0.2, 0.25) is 0 Å². The fraction of sp³-hybridized carbons (Fsp3) is 0.588. The monoisotopic (exact) mass is 354 g/mol. The van der Waals surface area contributed by atoms with E-state index in [9.17, 15) is 14.4 Å².